The van der Waals surface area contributed by atoms with E-state index in [0.29, 0.717) is 12.0 Å². The molecule has 17 heavy (non-hydrogen) atoms. The Morgan fingerprint density at radius 1 is 1.65 bits per heavy atom. The van der Waals surface area contributed by atoms with Gasteiger partial charge in [-0.3, -0.25) is 4.79 Å². The van der Waals surface area contributed by atoms with Crippen LogP contribution in [0.4, 0.5) is 4.39 Å². The first-order valence-electron chi connectivity index (χ1n) is 5.19. The molecule has 0 aliphatic carbocycles. The first kappa shape index (κ1) is 13.5. The molecule has 3 nitrogen and oxygen atoms in total. The van der Waals surface area contributed by atoms with E-state index in [-0.39, 0.29) is 17.5 Å². The summed E-state index contributed by atoms with van der Waals surface area (Å²) in [5.74, 6) is -1.47. The molecule has 1 N–H and O–H groups in total. The van der Waals surface area contributed by atoms with E-state index in [9.17, 15) is 9.18 Å². The second kappa shape index (κ2) is 6.21. The number of halogens is 2. The van der Waals surface area contributed by atoms with Crippen molar-refractivity contribution in [1.82, 2.24) is 5.32 Å². The Kier molecular flexibility index (Phi) is 4.92. The highest BCUT2D eigenvalue weighted by Crippen LogP contribution is 2.15. The van der Waals surface area contributed by atoms with E-state index in [0.717, 1.165) is 0 Å². The van der Waals surface area contributed by atoms with Crippen molar-refractivity contribution in [3.8, 4) is 6.07 Å². The molecule has 0 fully saturated rings. The van der Waals surface area contributed by atoms with Gasteiger partial charge in [-0.2, -0.15) is 5.26 Å². The lowest BCUT2D eigenvalue weighted by Gasteiger charge is -2.08. The lowest BCUT2D eigenvalue weighted by molar-refractivity contribution is -0.123. The molecule has 0 aliphatic rings. The molecule has 1 amide bonds. The molecule has 5 heteroatoms. The van der Waals surface area contributed by atoms with E-state index >= 15 is 0 Å². The summed E-state index contributed by atoms with van der Waals surface area (Å²) in [6.07, 6.45) is 0.465. The minimum Gasteiger partial charge on any atom is -0.351 e. The highest BCUT2D eigenvalue weighted by Gasteiger charge is 2.14. The third kappa shape index (κ3) is 3.72. The molecule has 0 heterocycles. The summed E-state index contributed by atoms with van der Waals surface area (Å²) in [5.41, 5.74) is 0.692. The first-order chi connectivity index (χ1) is 8.08. The van der Waals surface area contributed by atoms with Crippen molar-refractivity contribution >= 4 is 17.5 Å². The maximum absolute atomic E-state index is 12.9. The van der Waals surface area contributed by atoms with Crippen molar-refractivity contribution in [2.45, 2.75) is 19.9 Å². The quantitative estimate of drug-likeness (QED) is 0.898. The predicted molar refractivity (Wildman–Crippen MR) is 62.7 cm³/mol. The predicted octanol–water partition coefficient (Wildman–Crippen LogP) is 2.65. The van der Waals surface area contributed by atoms with E-state index in [1.165, 1.54) is 18.2 Å². The van der Waals surface area contributed by atoms with Crippen LogP contribution in [0, 0.1) is 23.1 Å². The molecular weight excluding hydrogens is 243 g/mol. The zero-order valence-corrected chi connectivity index (χ0v) is 10.1. The van der Waals surface area contributed by atoms with E-state index in [4.69, 9.17) is 16.9 Å². The summed E-state index contributed by atoms with van der Waals surface area (Å²) in [4.78, 5) is 11.5. The van der Waals surface area contributed by atoms with Crippen molar-refractivity contribution in [3.63, 3.8) is 0 Å². The smallest absolute Gasteiger partial charge is 0.237 e. The summed E-state index contributed by atoms with van der Waals surface area (Å²) in [7, 11) is 0. The Hall–Kier alpha value is -1.60. The van der Waals surface area contributed by atoms with E-state index < -0.39 is 11.7 Å². The second-order valence-corrected chi connectivity index (χ2v) is 3.96. The summed E-state index contributed by atoms with van der Waals surface area (Å²) in [6.45, 7) is 2.00. The standard InChI is InChI=1S/C12H12ClFN2O/c1-2-9(6-15)12(17)16-7-8-3-4-11(14)10(13)5-8/h3-5,9H,2,7H2,1H3,(H,16,17). The Balaban J connectivity index is 2.59. The minimum atomic E-state index is -0.647. The lowest BCUT2D eigenvalue weighted by atomic mass is 10.1. The molecular formula is C12H12ClFN2O. The van der Waals surface area contributed by atoms with E-state index in [1.807, 2.05) is 6.07 Å². The minimum absolute atomic E-state index is 0.0177. The van der Waals surface area contributed by atoms with Crippen LogP contribution in [0.5, 0.6) is 0 Å². The molecule has 0 aromatic heterocycles. The maximum atomic E-state index is 12.9. The maximum Gasteiger partial charge on any atom is 0.237 e. The third-order valence-electron chi connectivity index (χ3n) is 2.33. The van der Waals surface area contributed by atoms with Gasteiger partial charge in [-0.1, -0.05) is 24.6 Å². The number of nitriles is 1. The number of carbonyl (C=O) groups excluding carboxylic acids is 1. The van der Waals surface area contributed by atoms with Gasteiger partial charge in [-0.05, 0) is 24.1 Å². The average Bonchev–Trinajstić information content (AvgIpc) is 2.32. The zero-order chi connectivity index (χ0) is 12.8. The molecule has 1 atom stereocenters. The van der Waals surface area contributed by atoms with Gasteiger partial charge >= 0.3 is 0 Å². The van der Waals surface area contributed by atoms with Crippen LogP contribution in [0.3, 0.4) is 0 Å². The highest BCUT2D eigenvalue weighted by atomic mass is 35.5. The van der Waals surface area contributed by atoms with Crippen LogP contribution in [0.1, 0.15) is 18.9 Å². The zero-order valence-electron chi connectivity index (χ0n) is 9.34. The number of rotatable bonds is 4. The Labute approximate surface area is 104 Å². The monoisotopic (exact) mass is 254 g/mol. The first-order valence-corrected chi connectivity index (χ1v) is 5.57. The normalized spacial score (nSPS) is 11.6. The van der Waals surface area contributed by atoms with Gasteiger partial charge in [0.15, 0.2) is 0 Å². The molecule has 1 unspecified atom stereocenters. The van der Waals surface area contributed by atoms with Crippen LogP contribution in [0.15, 0.2) is 18.2 Å². The average molecular weight is 255 g/mol. The van der Waals surface area contributed by atoms with Gasteiger partial charge in [0.25, 0.3) is 0 Å². The largest absolute Gasteiger partial charge is 0.351 e. The van der Waals surface area contributed by atoms with Gasteiger partial charge in [0.2, 0.25) is 5.91 Å². The van der Waals surface area contributed by atoms with Crippen LogP contribution in [-0.4, -0.2) is 5.91 Å². The van der Waals surface area contributed by atoms with Crippen LogP contribution in [0.2, 0.25) is 5.02 Å². The number of amides is 1. The van der Waals surface area contributed by atoms with Gasteiger partial charge in [-0.25, -0.2) is 4.39 Å². The SMILES string of the molecule is CCC(C#N)C(=O)NCc1ccc(F)c(Cl)c1. The molecule has 1 rings (SSSR count). The highest BCUT2D eigenvalue weighted by molar-refractivity contribution is 6.30. The molecule has 0 aliphatic heterocycles. The van der Waals surface area contributed by atoms with Gasteiger partial charge in [0.1, 0.15) is 11.7 Å². The fourth-order valence-corrected chi connectivity index (χ4v) is 1.50. The third-order valence-corrected chi connectivity index (χ3v) is 2.62. The molecule has 0 spiro atoms. The Morgan fingerprint density at radius 2 is 2.35 bits per heavy atom. The number of hydrogen-bond acceptors (Lipinski definition) is 2. The van der Waals surface area contributed by atoms with E-state index in [1.54, 1.807) is 6.92 Å². The fourth-order valence-electron chi connectivity index (χ4n) is 1.30. The molecule has 0 bridgehead atoms. The Morgan fingerprint density at radius 3 is 2.88 bits per heavy atom. The topological polar surface area (TPSA) is 52.9 Å². The van der Waals surface area contributed by atoms with Gasteiger partial charge < -0.3 is 5.32 Å². The number of nitrogens with one attached hydrogen (secondary N) is 1. The molecule has 0 radical (unpaired) electrons. The molecule has 0 saturated carbocycles. The van der Waals surface area contributed by atoms with Crippen LogP contribution >= 0.6 is 11.6 Å². The van der Waals surface area contributed by atoms with Gasteiger partial charge in [0.05, 0.1) is 11.1 Å². The van der Waals surface area contributed by atoms with E-state index in [2.05, 4.69) is 5.32 Å². The lowest BCUT2D eigenvalue weighted by Crippen LogP contribution is -2.29. The van der Waals surface area contributed by atoms with Crippen molar-refractivity contribution < 1.29 is 9.18 Å². The summed E-state index contributed by atoms with van der Waals surface area (Å²) >= 11 is 5.61. The van der Waals surface area contributed by atoms with Crippen LogP contribution < -0.4 is 5.32 Å². The molecule has 90 valence electrons. The van der Waals surface area contributed by atoms with Gasteiger partial charge in [0, 0.05) is 6.54 Å². The van der Waals surface area contributed by atoms with Crippen molar-refractivity contribution in [2.24, 2.45) is 5.92 Å². The number of hydrogen-bond donors (Lipinski definition) is 1. The molecule has 0 saturated heterocycles. The van der Waals surface area contributed by atoms with Crippen molar-refractivity contribution in [1.29, 1.82) is 5.26 Å². The molecule has 1 aromatic rings. The number of carbonyl (C=O) groups is 1. The summed E-state index contributed by atoms with van der Waals surface area (Å²) in [6, 6.07) is 6.14. The number of benzene rings is 1. The van der Waals surface area contributed by atoms with Crippen LogP contribution in [-0.2, 0) is 11.3 Å². The van der Waals surface area contributed by atoms with Crippen molar-refractivity contribution in [3.05, 3.63) is 34.6 Å². The van der Waals surface area contributed by atoms with Crippen LogP contribution in [0.25, 0.3) is 0 Å². The van der Waals surface area contributed by atoms with Crippen molar-refractivity contribution in [2.75, 3.05) is 0 Å². The molecule has 1 aromatic carbocycles. The summed E-state index contributed by atoms with van der Waals surface area (Å²) in [5, 5.41) is 11.3. The fraction of sp³-hybridized carbons (Fsp3) is 0.333. The second-order valence-electron chi connectivity index (χ2n) is 3.56. The number of nitrogens with zero attached hydrogens (tertiary/aromatic N) is 1. The van der Waals surface area contributed by atoms with Gasteiger partial charge in [-0.15, -0.1) is 0 Å². The summed E-state index contributed by atoms with van der Waals surface area (Å²) < 4.78 is 12.9. The Bertz CT molecular complexity index is 456.